The zero-order valence-electron chi connectivity index (χ0n) is 6.13. The second kappa shape index (κ2) is 3.50. The average Bonchev–Trinajstić information content (AvgIpc) is 1.25. The van der Waals surface area contributed by atoms with Crippen LogP contribution >= 0.6 is 0 Å². The Kier molecular flexibility index (Phi) is 4.96. The van der Waals surface area contributed by atoms with E-state index in [4.69, 9.17) is 0 Å². The Balaban J connectivity index is 0. The molecule has 0 amide bonds. The fourth-order valence-corrected chi connectivity index (χ4v) is 0. The van der Waals surface area contributed by atoms with Crippen molar-refractivity contribution in [2.45, 2.75) is 19.6 Å². The second-order valence-corrected chi connectivity index (χ2v) is 12.9. The van der Waals surface area contributed by atoms with Crippen molar-refractivity contribution in [3.63, 3.8) is 0 Å². The average molecular weight is 176 g/mol. The van der Waals surface area contributed by atoms with E-state index in [1.807, 2.05) is 0 Å². The van der Waals surface area contributed by atoms with Crippen LogP contribution in [0, 0.1) is 0 Å². The molecule has 0 aromatic heterocycles. The number of rotatable bonds is 1. The van der Waals surface area contributed by atoms with Gasteiger partial charge in [0.05, 0.1) is 9.57 Å². The van der Waals surface area contributed by atoms with E-state index in [9.17, 15) is 13.0 Å². The minimum absolute atomic E-state index is 0. The van der Waals surface area contributed by atoms with Crippen LogP contribution in [0.2, 0.25) is 19.6 Å². The minimum Gasteiger partial charge on any atom is -0.753 e. The zero-order chi connectivity index (χ0) is 7.00. The summed E-state index contributed by atoms with van der Waals surface area (Å²) in [5.74, 6) is 0. The molecule has 0 rings (SSSR count). The maximum atomic E-state index is 10.2. The van der Waals surface area contributed by atoms with Gasteiger partial charge in [0.1, 0.15) is 0 Å². The maximum Gasteiger partial charge on any atom is 1.00 e. The van der Waals surface area contributed by atoms with E-state index >= 15 is 0 Å². The van der Waals surface area contributed by atoms with E-state index in [2.05, 4.69) is 0 Å². The predicted molar refractivity (Wildman–Crippen MR) is 33.0 cm³/mol. The summed E-state index contributed by atoms with van der Waals surface area (Å²) in [6.45, 7) is 4.53. The van der Waals surface area contributed by atoms with Crippen LogP contribution in [-0.4, -0.2) is 20.2 Å². The van der Waals surface area contributed by atoms with Crippen molar-refractivity contribution in [2.75, 3.05) is 0 Å². The molecule has 0 saturated heterocycles. The summed E-state index contributed by atoms with van der Waals surface area (Å²) in [4.78, 5) is 0. The first kappa shape index (κ1) is 12.8. The summed E-state index contributed by atoms with van der Waals surface area (Å²) in [5.41, 5.74) is 0. The van der Waals surface area contributed by atoms with Gasteiger partial charge in [-0.25, -0.2) is 8.42 Å². The van der Waals surface area contributed by atoms with Gasteiger partial charge in [-0.2, -0.15) is 0 Å². The standard InChI is InChI=1S/C3H10O3SSi.Na/c1-8(2,3)7(4,5)6;/h1-3H3,(H,4,5,6);/q;+1/p-1. The van der Waals surface area contributed by atoms with Crippen molar-refractivity contribution in [3.05, 3.63) is 0 Å². The monoisotopic (exact) mass is 176 g/mol. The van der Waals surface area contributed by atoms with Crippen LogP contribution in [0.5, 0.6) is 0 Å². The molecule has 50 valence electrons. The summed E-state index contributed by atoms with van der Waals surface area (Å²) >= 11 is 0. The van der Waals surface area contributed by atoms with Crippen molar-refractivity contribution in [1.29, 1.82) is 0 Å². The van der Waals surface area contributed by atoms with Gasteiger partial charge in [0, 0.05) is 0 Å². The molecule has 0 heterocycles. The summed E-state index contributed by atoms with van der Waals surface area (Å²) in [7, 11) is -6.39. The Morgan fingerprint density at radius 2 is 1.33 bits per heavy atom. The van der Waals surface area contributed by atoms with E-state index in [0.29, 0.717) is 0 Å². The van der Waals surface area contributed by atoms with Gasteiger partial charge in [0.2, 0.25) is 0 Å². The van der Waals surface area contributed by atoms with Crippen LogP contribution in [0.15, 0.2) is 0 Å². The molecular formula is C3H9NaO3SSi. The van der Waals surface area contributed by atoms with Crippen molar-refractivity contribution < 1.29 is 42.5 Å². The fraction of sp³-hybridized carbons (Fsp3) is 1.00. The third kappa shape index (κ3) is 4.52. The third-order valence-electron chi connectivity index (χ3n) is 0.750. The van der Waals surface area contributed by atoms with Crippen LogP contribution in [0.1, 0.15) is 0 Å². The Morgan fingerprint density at radius 3 is 1.33 bits per heavy atom. The van der Waals surface area contributed by atoms with Gasteiger partial charge < -0.3 is 4.55 Å². The van der Waals surface area contributed by atoms with Crippen molar-refractivity contribution >= 4 is 16.8 Å². The summed E-state index contributed by atoms with van der Waals surface area (Å²) in [6, 6.07) is 0. The summed E-state index contributed by atoms with van der Waals surface area (Å²) in [6.07, 6.45) is 0. The molecule has 0 radical (unpaired) electrons. The molecule has 0 aliphatic heterocycles. The molecule has 9 heavy (non-hydrogen) atoms. The van der Waals surface area contributed by atoms with Gasteiger partial charge in [0.15, 0.2) is 7.22 Å². The first-order valence-corrected chi connectivity index (χ1v) is 7.84. The molecule has 6 heteroatoms. The third-order valence-corrected chi connectivity index (χ3v) is 6.75. The fourth-order valence-electron chi connectivity index (χ4n) is 0. The quantitative estimate of drug-likeness (QED) is 0.324. The van der Waals surface area contributed by atoms with Crippen molar-refractivity contribution in [2.24, 2.45) is 0 Å². The minimum atomic E-state index is -3.95. The Labute approximate surface area is 78.5 Å². The predicted octanol–water partition coefficient (Wildman–Crippen LogP) is -2.63. The Hall–Kier alpha value is 1.13. The molecule has 3 nitrogen and oxygen atoms in total. The zero-order valence-corrected chi connectivity index (χ0v) is 9.95. The molecule has 0 bridgehead atoms. The smallest absolute Gasteiger partial charge is 0.753 e. The molecule has 0 N–H and O–H groups in total. The first-order valence-electron chi connectivity index (χ1n) is 2.20. The molecule has 0 aromatic carbocycles. The van der Waals surface area contributed by atoms with E-state index in [1.54, 1.807) is 0 Å². The number of hydrogen-bond acceptors (Lipinski definition) is 3. The van der Waals surface area contributed by atoms with E-state index < -0.39 is 16.8 Å². The topological polar surface area (TPSA) is 57.2 Å². The molecule has 0 aliphatic rings. The Bertz CT molecular complexity index is 168. The largest absolute Gasteiger partial charge is 1.00 e. The van der Waals surface area contributed by atoms with Crippen LogP contribution in [0.3, 0.4) is 0 Å². The van der Waals surface area contributed by atoms with Crippen LogP contribution in [0.4, 0.5) is 0 Å². The van der Waals surface area contributed by atoms with Gasteiger partial charge in [-0.15, -0.1) is 0 Å². The molecule has 0 aromatic rings. The van der Waals surface area contributed by atoms with E-state index in [0.717, 1.165) is 0 Å². The summed E-state index contributed by atoms with van der Waals surface area (Å²) < 4.78 is 30.5. The van der Waals surface area contributed by atoms with E-state index in [-0.39, 0.29) is 29.6 Å². The molecule has 0 atom stereocenters. The normalized spacial score (nSPS) is 12.4. The molecular weight excluding hydrogens is 167 g/mol. The SMILES string of the molecule is C[Si](C)(C)S(=O)(=O)[O-].[Na+]. The first-order chi connectivity index (χ1) is 3.25. The molecule has 0 unspecified atom stereocenters. The number of hydrogen-bond donors (Lipinski definition) is 0. The maximum absolute atomic E-state index is 10.2. The second-order valence-electron chi connectivity index (χ2n) is 2.57. The summed E-state index contributed by atoms with van der Waals surface area (Å²) in [5, 5.41) is 0. The van der Waals surface area contributed by atoms with Gasteiger partial charge in [-0.05, 0) is 0 Å². The van der Waals surface area contributed by atoms with Crippen LogP contribution in [-0.2, 0) is 9.57 Å². The molecule has 0 saturated carbocycles. The van der Waals surface area contributed by atoms with Crippen LogP contribution in [0.25, 0.3) is 0 Å². The molecule has 0 aliphatic carbocycles. The van der Waals surface area contributed by atoms with Gasteiger partial charge in [-0.3, -0.25) is 0 Å². The van der Waals surface area contributed by atoms with Crippen molar-refractivity contribution in [1.82, 2.24) is 0 Å². The Morgan fingerprint density at radius 1 is 1.22 bits per heavy atom. The molecule has 0 fully saturated rings. The molecule has 0 spiro atoms. The van der Waals surface area contributed by atoms with Crippen molar-refractivity contribution in [3.8, 4) is 0 Å². The van der Waals surface area contributed by atoms with Gasteiger partial charge in [0.25, 0.3) is 0 Å². The van der Waals surface area contributed by atoms with Crippen LogP contribution < -0.4 is 29.6 Å². The van der Waals surface area contributed by atoms with Gasteiger partial charge >= 0.3 is 29.6 Å². The van der Waals surface area contributed by atoms with Gasteiger partial charge in [-0.1, -0.05) is 19.6 Å². The van der Waals surface area contributed by atoms with E-state index in [1.165, 1.54) is 19.6 Å².